The summed E-state index contributed by atoms with van der Waals surface area (Å²) in [6, 6.07) is 6.99. The summed E-state index contributed by atoms with van der Waals surface area (Å²) in [6.45, 7) is 6.10. The number of benzene rings is 1. The van der Waals surface area contributed by atoms with Gasteiger partial charge in [-0.2, -0.15) is 5.26 Å². The first-order valence-corrected chi connectivity index (χ1v) is 7.27. The van der Waals surface area contributed by atoms with Crippen molar-refractivity contribution in [1.29, 1.82) is 5.26 Å². The number of carbonyl (C=O) groups excluding carboxylic acids is 1. The number of amides is 1. The fourth-order valence-corrected chi connectivity index (χ4v) is 1.78. The van der Waals surface area contributed by atoms with Crippen LogP contribution in [0.15, 0.2) is 23.8 Å². The molecule has 0 radical (unpaired) electrons. The number of nitriles is 1. The van der Waals surface area contributed by atoms with Crippen molar-refractivity contribution in [1.82, 2.24) is 5.32 Å². The average Bonchev–Trinajstić information content (AvgIpc) is 2.51. The molecule has 1 amide bonds. The van der Waals surface area contributed by atoms with Gasteiger partial charge in [-0.25, -0.2) is 0 Å². The number of ether oxygens (including phenoxy) is 2. The second-order valence-corrected chi connectivity index (χ2v) is 4.93. The van der Waals surface area contributed by atoms with Gasteiger partial charge in [0.2, 0.25) is 0 Å². The Hall–Kier alpha value is -2.92. The Labute approximate surface area is 136 Å². The second-order valence-electron chi connectivity index (χ2n) is 4.93. The summed E-state index contributed by atoms with van der Waals surface area (Å²) < 4.78 is 10.9. The van der Waals surface area contributed by atoms with E-state index < -0.39 is 5.91 Å². The zero-order valence-electron chi connectivity index (χ0n) is 13.6. The highest BCUT2D eigenvalue weighted by atomic mass is 16.5. The van der Waals surface area contributed by atoms with E-state index in [0.717, 1.165) is 0 Å². The van der Waals surface area contributed by atoms with E-state index >= 15 is 0 Å². The van der Waals surface area contributed by atoms with Crippen molar-refractivity contribution < 1.29 is 14.3 Å². The van der Waals surface area contributed by atoms with Crippen molar-refractivity contribution in [3.05, 3.63) is 29.3 Å². The first-order chi connectivity index (χ1) is 11.0. The Bertz CT molecular complexity index is 664. The monoisotopic (exact) mass is 312 g/mol. The fourth-order valence-electron chi connectivity index (χ4n) is 1.78. The van der Waals surface area contributed by atoms with Crippen LogP contribution >= 0.6 is 0 Å². The molecule has 0 aliphatic rings. The van der Waals surface area contributed by atoms with E-state index in [-0.39, 0.29) is 18.2 Å². The fraction of sp³-hybridized carbons (Fsp3) is 0.333. The lowest BCUT2D eigenvalue weighted by Gasteiger charge is -2.11. The van der Waals surface area contributed by atoms with Crippen LogP contribution in [0.3, 0.4) is 0 Å². The number of carbonyl (C=O) groups is 1. The minimum absolute atomic E-state index is 0.0263. The van der Waals surface area contributed by atoms with Crippen LogP contribution in [0, 0.1) is 23.7 Å². The van der Waals surface area contributed by atoms with Crippen molar-refractivity contribution in [2.45, 2.75) is 26.8 Å². The lowest BCUT2D eigenvalue weighted by atomic mass is 10.1. The molecule has 0 bridgehead atoms. The molecule has 0 unspecified atom stereocenters. The Morgan fingerprint density at radius 2 is 2.13 bits per heavy atom. The Kier molecular flexibility index (Phi) is 7.23. The van der Waals surface area contributed by atoms with Gasteiger partial charge in [0.25, 0.3) is 5.91 Å². The van der Waals surface area contributed by atoms with Gasteiger partial charge in [0.05, 0.1) is 6.61 Å². The zero-order valence-corrected chi connectivity index (χ0v) is 13.6. The molecule has 5 heteroatoms. The van der Waals surface area contributed by atoms with Crippen molar-refractivity contribution in [3.63, 3.8) is 0 Å². The van der Waals surface area contributed by atoms with Gasteiger partial charge in [-0.05, 0) is 44.5 Å². The lowest BCUT2D eigenvalue weighted by Crippen LogP contribution is -2.30. The summed E-state index contributed by atoms with van der Waals surface area (Å²) in [5, 5.41) is 11.8. The van der Waals surface area contributed by atoms with Crippen LogP contribution in [0.5, 0.6) is 11.5 Å². The normalized spacial score (nSPS) is 10.6. The molecule has 1 N–H and O–H groups in total. The molecule has 0 fully saturated rings. The summed E-state index contributed by atoms with van der Waals surface area (Å²) in [5.41, 5.74) is 0.690. The van der Waals surface area contributed by atoms with E-state index in [9.17, 15) is 4.79 Å². The maximum atomic E-state index is 11.9. The predicted octanol–water partition coefficient (Wildman–Crippen LogP) is 2.53. The standard InChI is InChI=1S/C18H20N2O3/c1-5-9-23-16-8-7-14(11-17(16)22-6-2)10-15(12-19)18(21)20-13(3)4/h1,7-8,10-11,13H,6,9H2,2-4H3,(H,20,21)/b15-10+. The van der Waals surface area contributed by atoms with Gasteiger partial charge in [0.15, 0.2) is 11.5 Å². The van der Waals surface area contributed by atoms with Crippen molar-refractivity contribution >= 4 is 12.0 Å². The molecule has 23 heavy (non-hydrogen) atoms. The number of rotatable bonds is 7. The highest BCUT2D eigenvalue weighted by molar-refractivity contribution is 6.01. The van der Waals surface area contributed by atoms with E-state index in [0.29, 0.717) is 23.7 Å². The van der Waals surface area contributed by atoms with Gasteiger partial charge in [-0.15, -0.1) is 6.42 Å². The Morgan fingerprint density at radius 3 is 2.70 bits per heavy atom. The van der Waals surface area contributed by atoms with Crippen LogP contribution in [0.25, 0.3) is 6.08 Å². The third-order valence-electron chi connectivity index (χ3n) is 2.67. The molecule has 120 valence electrons. The molecule has 1 aromatic rings. The van der Waals surface area contributed by atoms with E-state index in [1.54, 1.807) is 18.2 Å². The summed E-state index contributed by atoms with van der Waals surface area (Å²) in [7, 11) is 0. The molecule has 0 heterocycles. The van der Waals surface area contributed by atoms with Crippen molar-refractivity contribution in [2.24, 2.45) is 0 Å². The number of nitrogens with zero attached hydrogens (tertiary/aromatic N) is 1. The van der Waals surface area contributed by atoms with Crippen LogP contribution in [-0.2, 0) is 4.79 Å². The molecule has 0 aromatic heterocycles. The first-order valence-electron chi connectivity index (χ1n) is 7.27. The van der Waals surface area contributed by atoms with Crippen molar-refractivity contribution in [2.75, 3.05) is 13.2 Å². The van der Waals surface area contributed by atoms with E-state index in [1.165, 1.54) is 6.08 Å². The minimum Gasteiger partial charge on any atom is -0.490 e. The van der Waals surface area contributed by atoms with Gasteiger partial charge in [0, 0.05) is 6.04 Å². The van der Waals surface area contributed by atoms with Gasteiger partial charge in [-0.1, -0.05) is 12.0 Å². The van der Waals surface area contributed by atoms with E-state index in [2.05, 4.69) is 11.2 Å². The van der Waals surface area contributed by atoms with Crippen LogP contribution in [-0.4, -0.2) is 25.2 Å². The smallest absolute Gasteiger partial charge is 0.262 e. The van der Waals surface area contributed by atoms with Crippen LogP contribution in [0.4, 0.5) is 0 Å². The zero-order chi connectivity index (χ0) is 17.2. The highest BCUT2D eigenvalue weighted by Gasteiger charge is 2.11. The molecule has 5 nitrogen and oxygen atoms in total. The second kappa shape index (κ2) is 9.17. The highest BCUT2D eigenvalue weighted by Crippen LogP contribution is 2.29. The molecule has 0 aliphatic heterocycles. The summed E-state index contributed by atoms with van der Waals surface area (Å²) in [4.78, 5) is 11.9. The largest absolute Gasteiger partial charge is 0.490 e. The summed E-state index contributed by atoms with van der Waals surface area (Å²) in [6.07, 6.45) is 6.69. The third-order valence-corrected chi connectivity index (χ3v) is 2.67. The minimum atomic E-state index is -0.409. The van der Waals surface area contributed by atoms with Gasteiger partial charge < -0.3 is 14.8 Å². The third kappa shape index (κ3) is 5.76. The molecule has 0 saturated heterocycles. The van der Waals surface area contributed by atoms with Gasteiger partial charge >= 0.3 is 0 Å². The Morgan fingerprint density at radius 1 is 1.39 bits per heavy atom. The van der Waals surface area contributed by atoms with E-state index in [4.69, 9.17) is 21.2 Å². The number of hydrogen-bond donors (Lipinski definition) is 1. The molecular weight excluding hydrogens is 292 g/mol. The van der Waals surface area contributed by atoms with E-state index in [1.807, 2.05) is 26.8 Å². The SMILES string of the molecule is C#CCOc1ccc(/C=C(\C#N)C(=O)NC(C)C)cc1OCC. The Balaban J connectivity index is 3.10. The van der Waals surface area contributed by atoms with Crippen LogP contribution < -0.4 is 14.8 Å². The number of terminal acetylenes is 1. The topological polar surface area (TPSA) is 71.3 Å². The lowest BCUT2D eigenvalue weighted by molar-refractivity contribution is -0.117. The maximum absolute atomic E-state index is 11.9. The quantitative estimate of drug-likeness (QED) is 0.477. The molecule has 0 atom stereocenters. The molecule has 0 saturated carbocycles. The molecule has 0 spiro atoms. The molecule has 0 aliphatic carbocycles. The van der Waals surface area contributed by atoms with Gasteiger partial charge in [0.1, 0.15) is 18.2 Å². The summed E-state index contributed by atoms with van der Waals surface area (Å²) in [5.74, 6) is 3.01. The van der Waals surface area contributed by atoms with Crippen molar-refractivity contribution in [3.8, 4) is 29.9 Å². The van der Waals surface area contributed by atoms with Crippen LogP contribution in [0.1, 0.15) is 26.3 Å². The molecule has 1 aromatic carbocycles. The van der Waals surface area contributed by atoms with Gasteiger partial charge in [-0.3, -0.25) is 4.79 Å². The number of nitrogens with one attached hydrogen (secondary N) is 1. The van der Waals surface area contributed by atoms with Crippen LogP contribution in [0.2, 0.25) is 0 Å². The first kappa shape index (κ1) is 18.1. The summed E-state index contributed by atoms with van der Waals surface area (Å²) >= 11 is 0. The number of hydrogen-bond acceptors (Lipinski definition) is 4. The molecular formula is C18H20N2O3. The predicted molar refractivity (Wildman–Crippen MR) is 88.8 cm³/mol. The average molecular weight is 312 g/mol. The molecule has 1 rings (SSSR count). The maximum Gasteiger partial charge on any atom is 0.262 e.